The van der Waals surface area contributed by atoms with Crippen molar-refractivity contribution in [2.45, 2.75) is 13.5 Å². The van der Waals surface area contributed by atoms with E-state index in [0.29, 0.717) is 17.1 Å². The van der Waals surface area contributed by atoms with Gasteiger partial charge < -0.3 is 5.11 Å². The summed E-state index contributed by atoms with van der Waals surface area (Å²) in [5.74, 6) is -2.03. The molecule has 0 aliphatic rings. The lowest BCUT2D eigenvalue weighted by atomic mass is 10.1. The van der Waals surface area contributed by atoms with Crippen LogP contribution in [-0.4, -0.2) is 20.9 Å². The number of carboxylic acid groups (broad SMARTS) is 1. The normalized spacial score (nSPS) is 10.6. The zero-order chi connectivity index (χ0) is 13.3. The average Bonchev–Trinajstić information content (AvgIpc) is 2.61. The molecule has 2 rings (SSSR count). The molecule has 1 aromatic carbocycles. The molecule has 1 heterocycles. The van der Waals surface area contributed by atoms with Gasteiger partial charge in [-0.25, -0.2) is 9.18 Å². The molecule has 0 amide bonds. The number of halogens is 2. The molecule has 0 fully saturated rings. The molecule has 0 atom stereocenters. The number of benzene rings is 1. The fourth-order valence-electron chi connectivity index (χ4n) is 1.59. The van der Waals surface area contributed by atoms with E-state index in [1.165, 1.54) is 18.3 Å². The molecule has 2 aromatic rings. The second kappa shape index (κ2) is 4.78. The first-order valence-corrected chi connectivity index (χ1v) is 5.56. The van der Waals surface area contributed by atoms with Crippen LogP contribution in [0.15, 0.2) is 24.4 Å². The van der Waals surface area contributed by atoms with Crippen molar-refractivity contribution < 1.29 is 14.3 Å². The maximum atomic E-state index is 13.5. The van der Waals surface area contributed by atoms with Crippen LogP contribution in [0.3, 0.4) is 0 Å². The molecule has 6 heteroatoms. The molecule has 1 aromatic heterocycles. The molecule has 0 bridgehead atoms. The summed E-state index contributed by atoms with van der Waals surface area (Å²) in [5, 5.41) is 13.3. The summed E-state index contributed by atoms with van der Waals surface area (Å²) in [6, 6.07) is 3.99. The summed E-state index contributed by atoms with van der Waals surface area (Å²) < 4.78 is 15.1. The molecule has 0 aliphatic heterocycles. The molecule has 0 saturated carbocycles. The average molecular weight is 269 g/mol. The molecule has 94 valence electrons. The van der Waals surface area contributed by atoms with Crippen LogP contribution in [0.25, 0.3) is 0 Å². The third-order valence-electron chi connectivity index (χ3n) is 2.64. The van der Waals surface area contributed by atoms with Gasteiger partial charge in [-0.05, 0) is 24.6 Å². The lowest BCUT2D eigenvalue weighted by Gasteiger charge is -2.06. The molecule has 0 aliphatic carbocycles. The van der Waals surface area contributed by atoms with Gasteiger partial charge in [0.15, 0.2) is 0 Å². The van der Waals surface area contributed by atoms with Gasteiger partial charge in [0.1, 0.15) is 5.82 Å². The highest BCUT2D eigenvalue weighted by atomic mass is 35.5. The molecule has 4 nitrogen and oxygen atoms in total. The highest BCUT2D eigenvalue weighted by Gasteiger charge is 2.11. The Kier molecular flexibility index (Phi) is 3.34. The Balaban J connectivity index is 2.28. The van der Waals surface area contributed by atoms with E-state index >= 15 is 0 Å². The number of aromatic carboxylic acids is 1. The van der Waals surface area contributed by atoms with Crippen molar-refractivity contribution in [1.82, 2.24) is 9.78 Å². The number of carbonyl (C=O) groups is 1. The number of carboxylic acids is 1. The highest BCUT2D eigenvalue weighted by molar-refractivity contribution is 6.31. The minimum absolute atomic E-state index is 0.339. The Labute approximate surface area is 108 Å². The first kappa shape index (κ1) is 12.6. The van der Waals surface area contributed by atoms with E-state index in [2.05, 4.69) is 5.10 Å². The summed E-state index contributed by atoms with van der Waals surface area (Å²) in [5.41, 5.74) is 1.06. The van der Waals surface area contributed by atoms with Crippen molar-refractivity contribution >= 4 is 17.6 Å². The summed E-state index contributed by atoms with van der Waals surface area (Å²) in [4.78, 5) is 10.7. The largest absolute Gasteiger partial charge is 0.478 e. The van der Waals surface area contributed by atoms with Gasteiger partial charge in [-0.3, -0.25) is 4.68 Å². The lowest BCUT2D eigenvalue weighted by molar-refractivity contribution is 0.0692. The van der Waals surface area contributed by atoms with Crippen LogP contribution in [0.1, 0.15) is 21.6 Å². The van der Waals surface area contributed by atoms with E-state index in [1.807, 2.05) is 0 Å². The fourth-order valence-corrected chi connectivity index (χ4v) is 1.73. The first-order valence-electron chi connectivity index (χ1n) is 5.18. The lowest BCUT2D eigenvalue weighted by Crippen LogP contribution is -2.06. The van der Waals surface area contributed by atoms with Gasteiger partial charge in [-0.2, -0.15) is 5.10 Å². The van der Waals surface area contributed by atoms with Crippen LogP contribution in [0.4, 0.5) is 4.39 Å². The molecular formula is C12H10ClFN2O2. The van der Waals surface area contributed by atoms with Crippen molar-refractivity contribution in [3.63, 3.8) is 0 Å². The molecular weight excluding hydrogens is 259 g/mol. The quantitative estimate of drug-likeness (QED) is 0.931. The Hall–Kier alpha value is -1.88. The number of hydrogen-bond acceptors (Lipinski definition) is 2. The molecule has 0 saturated heterocycles. The highest BCUT2D eigenvalue weighted by Crippen LogP contribution is 2.16. The molecule has 0 unspecified atom stereocenters. The Morgan fingerprint density at radius 2 is 2.28 bits per heavy atom. The Morgan fingerprint density at radius 3 is 2.78 bits per heavy atom. The molecule has 18 heavy (non-hydrogen) atoms. The van der Waals surface area contributed by atoms with E-state index in [9.17, 15) is 9.18 Å². The Bertz CT molecular complexity index is 610. The Morgan fingerprint density at radius 1 is 1.56 bits per heavy atom. The number of hydrogen-bond donors (Lipinski definition) is 1. The van der Waals surface area contributed by atoms with Gasteiger partial charge in [0.05, 0.1) is 29.0 Å². The maximum Gasteiger partial charge on any atom is 0.338 e. The van der Waals surface area contributed by atoms with E-state index in [4.69, 9.17) is 16.7 Å². The van der Waals surface area contributed by atoms with Crippen LogP contribution < -0.4 is 0 Å². The summed E-state index contributed by atoms with van der Waals surface area (Å²) in [7, 11) is 0. The zero-order valence-corrected chi connectivity index (χ0v) is 10.3. The van der Waals surface area contributed by atoms with E-state index in [0.717, 1.165) is 5.69 Å². The van der Waals surface area contributed by atoms with Crippen LogP contribution in [-0.2, 0) is 6.54 Å². The second-order valence-electron chi connectivity index (χ2n) is 3.85. The summed E-state index contributed by atoms with van der Waals surface area (Å²) in [6.45, 7) is 2.15. The predicted octanol–water partition coefficient (Wildman–Crippen LogP) is 2.73. The van der Waals surface area contributed by atoms with E-state index < -0.39 is 11.8 Å². The van der Waals surface area contributed by atoms with Gasteiger partial charge in [-0.1, -0.05) is 17.7 Å². The minimum Gasteiger partial charge on any atom is -0.478 e. The van der Waals surface area contributed by atoms with Crippen LogP contribution >= 0.6 is 11.6 Å². The van der Waals surface area contributed by atoms with E-state index in [1.54, 1.807) is 17.7 Å². The number of rotatable bonds is 3. The smallest absolute Gasteiger partial charge is 0.338 e. The van der Waals surface area contributed by atoms with Gasteiger partial charge in [0, 0.05) is 0 Å². The monoisotopic (exact) mass is 268 g/mol. The molecule has 0 radical (unpaired) electrons. The van der Waals surface area contributed by atoms with Crippen LogP contribution in [0.5, 0.6) is 0 Å². The summed E-state index contributed by atoms with van der Waals surface area (Å²) in [6.07, 6.45) is 1.51. The van der Waals surface area contributed by atoms with Crippen LogP contribution in [0, 0.1) is 12.7 Å². The van der Waals surface area contributed by atoms with Crippen molar-refractivity contribution in [2.75, 3.05) is 0 Å². The third kappa shape index (κ3) is 2.36. The van der Waals surface area contributed by atoms with Crippen molar-refractivity contribution in [3.05, 3.63) is 52.1 Å². The third-order valence-corrected chi connectivity index (χ3v) is 3.01. The zero-order valence-electron chi connectivity index (χ0n) is 9.52. The molecule has 1 N–H and O–H groups in total. The van der Waals surface area contributed by atoms with Crippen LogP contribution in [0.2, 0.25) is 5.02 Å². The maximum absolute atomic E-state index is 13.5. The topological polar surface area (TPSA) is 55.1 Å². The van der Waals surface area contributed by atoms with Gasteiger partial charge in [0.2, 0.25) is 0 Å². The standard InChI is InChI=1S/C12H10ClFN2O2/c1-7-10(13)5-15-16(7)6-8-2-3-9(12(17)18)11(14)4-8/h2-5H,6H2,1H3,(H,17,18). The molecule has 0 spiro atoms. The van der Waals surface area contributed by atoms with E-state index in [-0.39, 0.29) is 5.56 Å². The van der Waals surface area contributed by atoms with Gasteiger partial charge in [-0.15, -0.1) is 0 Å². The second-order valence-corrected chi connectivity index (χ2v) is 4.26. The first-order chi connectivity index (χ1) is 8.49. The fraction of sp³-hybridized carbons (Fsp3) is 0.167. The minimum atomic E-state index is -1.28. The van der Waals surface area contributed by atoms with Gasteiger partial charge >= 0.3 is 5.97 Å². The SMILES string of the molecule is Cc1c(Cl)cnn1Cc1ccc(C(=O)O)c(F)c1. The summed E-state index contributed by atoms with van der Waals surface area (Å²) >= 11 is 5.86. The van der Waals surface area contributed by atoms with Crippen molar-refractivity contribution in [3.8, 4) is 0 Å². The van der Waals surface area contributed by atoms with Crippen molar-refractivity contribution in [1.29, 1.82) is 0 Å². The number of nitrogens with zero attached hydrogens (tertiary/aromatic N) is 2. The number of aromatic nitrogens is 2. The van der Waals surface area contributed by atoms with Crippen molar-refractivity contribution in [2.24, 2.45) is 0 Å². The predicted molar refractivity (Wildman–Crippen MR) is 64.4 cm³/mol. The van der Waals surface area contributed by atoms with Gasteiger partial charge in [0.25, 0.3) is 0 Å².